The number of hydrogen-bond donors (Lipinski definition) is 1. The number of aliphatic hydroxyl groups excluding tert-OH is 1. The summed E-state index contributed by atoms with van der Waals surface area (Å²) in [4.78, 5) is 10.1. The van der Waals surface area contributed by atoms with E-state index in [9.17, 15) is 10.1 Å². The second-order valence-corrected chi connectivity index (χ2v) is 3.43. The third-order valence-electron chi connectivity index (χ3n) is 1.99. The minimum Gasteiger partial charge on any atom is -0.393 e. The zero-order chi connectivity index (χ0) is 10.7. The van der Waals surface area contributed by atoms with Crippen molar-refractivity contribution in [3.8, 4) is 0 Å². The molecule has 0 unspecified atom stereocenters. The molecule has 0 radical (unpaired) electrons. The van der Waals surface area contributed by atoms with Gasteiger partial charge < -0.3 is 5.11 Å². The second-order valence-electron chi connectivity index (χ2n) is 3.43. The number of aryl methyl sites for hydroxylation is 1. The Bertz CT molecular complexity index is 347. The molecule has 76 valence electrons. The molecule has 0 heterocycles. The molecule has 0 aromatic heterocycles. The summed E-state index contributed by atoms with van der Waals surface area (Å²) in [7, 11) is 0. The smallest absolute Gasteiger partial charge is 0.272 e. The van der Waals surface area contributed by atoms with Gasteiger partial charge in [-0.25, -0.2) is 0 Å². The normalized spacial score (nSPS) is 12.5. The Kier molecular flexibility index (Phi) is 3.19. The lowest BCUT2D eigenvalue weighted by Crippen LogP contribution is -2.04. The summed E-state index contributed by atoms with van der Waals surface area (Å²) in [6, 6.07) is 4.90. The summed E-state index contributed by atoms with van der Waals surface area (Å²) in [5.74, 6) is 0. The van der Waals surface area contributed by atoms with Crippen LogP contribution in [-0.2, 0) is 6.42 Å². The van der Waals surface area contributed by atoms with Gasteiger partial charge >= 0.3 is 0 Å². The van der Waals surface area contributed by atoms with Crippen LogP contribution in [0.25, 0.3) is 0 Å². The van der Waals surface area contributed by atoms with Crippen molar-refractivity contribution in [1.29, 1.82) is 0 Å². The number of aliphatic hydroxyl groups is 1. The molecule has 0 aliphatic heterocycles. The molecule has 14 heavy (non-hydrogen) atoms. The van der Waals surface area contributed by atoms with Crippen LogP contribution in [0.2, 0.25) is 0 Å². The summed E-state index contributed by atoms with van der Waals surface area (Å²) in [5, 5.41) is 19.7. The van der Waals surface area contributed by atoms with Crippen LogP contribution in [0, 0.1) is 17.0 Å². The van der Waals surface area contributed by atoms with E-state index in [1.165, 1.54) is 6.07 Å². The van der Waals surface area contributed by atoms with Crippen molar-refractivity contribution in [2.24, 2.45) is 0 Å². The number of nitrogens with zero attached hydrogens (tertiary/aromatic N) is 1. The van der Waals surface area contributed by atoms with Gasteiger partial charge in [-0.05, 0) is 31.9 Å². The van der Waals surface area contributed by atoms with Crippen LogP contribution < -0.4 is 0 Å². The third-order valence-corrected chi connectivity index (χ3v) is 1.99. The van der Waals surface area contributed by atoms with Crippen LogP contribution in [0.15, 0.2) is 18.2 Å². The van der Waals surface area contributed by atoms with Crippen molar-refractivity contribution in [3.63, 3.8) is 0 Å². The predicted molar refractivity (Wildman–Crippen MR) is 53.2 cm³/mol. The molecule has 0 aliphatic rings. The van der Waals surface area contributed by atoms with Crippen LogP contribution >= 0.6 is 0 Å². The Labute approximate surface area is 82.3 Å². The van der Waals surface area contributed by atoms with Gasteiger partial charge in [-0.2, -0.15) is 0 Å². The summed E-state index contributed by atoms with van der Waals surface area (Å²) in [6.07, 6.45) is 0.106. The van der Waals surface area contributed by atoms with Crippen molar-refractivity contribution in [2.45, 2.75) is 26.4 Å². The van der Waals surface area contributed by atoms with Crippen LogP contribution in [0.4, 0.5) is 5.69 Å². The number of hydrogen-bond acceptors (Lipinski definition) is 3. The maximum absolute atomic E-state index is 10.5. The second kappa shape index (κ2) is 4.19. The summed E-state index contributed by atoms with van der Waals surface area (Å²) in [6.45, 7) is 3.39. The maximum atomic E-state index is 10.5. The molecule has 0 aliphatic carbocycles. The molecule has 0 bridgehead atoms. The fourth-order valence-corrected chi connectivity index (χ4v) is 1.39. The van der Waals surface area contributed by atoms with E-state index in [0.29, 0.717) is 12.0 Å². The maximum Gasteiger partial charge on any atom is 0.272 e. The minimum absolute atomic E-state index is 0.124. The Morgan fingerprint density at radius 1 is 1.57 bits per heavy atom. The van der Waals surface area contributed by atoms with E-state index in [4.69, 9.17) is 5.11 Å². The van der Waals surface area contributed by atoms with E-state index in [2.05, 4.69) is 0 Å². The zero-order valence-electron chi connectivity index (χ0n) is 8.23. The fourth-order valence-electron chi connectivity index (χ4n) is 1.39. The van der Waals surface area contributed by atoms with Gasteiger partial charge in [0.1, 0.15) is 0 Å². The van der Waals surface area contributed by atoms with Gasteiger partial charge in [0.05, 0.1) is 11.0 Å². The van der Waals surface area contributed by atoms with Gasteiger partial charge in [0.15, 0.2) is 0 Å². The summed E-state index contributed by atoms with van der Waals surface area (Å²) in [5.41, 5.74) is 1.68. The first-order valence-corrected chi connectivity index (χ1v) is 4.42. The monoisotopic (exact) mass is 195 g/mol. The SMILES string of the molecule is Cc1cc(C[C@H](C)O)ccc1[N+](=O)[O-]. The molecule has 0 spiro atoms. The van der Waals surface area contributed by atoms with Gasteiger partial charge in [-0.1, -0.05) is 6.07 Å². The number of nitro groups is 1. The largest absolute Gasteiger partial charge is 0.393 e. The topological polar surface area (TPSA) is 63.4 Å². The fraction of sp³-hybridized carbons (Fsp3) is 0.400. The van der Waals surface area contributed by atoms with Crippen LogP contribution in [0.1, 0.15) is 18.1 Å². The highest BCUT2D eigenvalue weighted by atomic mass is 16.6. The lowest BCUT2D eigenvalue weighted by Gasteiger charge is -2.05. The molecule has 0 fully saturated rings. The molecule has 0 saturated carbocycles. The summed E-state index contributed by atoms with van der Waals surface area (Å²) < 4.78 is 0. The molecular formula is C10H13NO3. The highest BCUT2D eigenvalue weighted by Crippen LogP contribution is 2.19. The van der Waals surface area contributed by atoms with Crippen LogP contribution in [0.3, 0.4) is 0 Å². The van der Waals surface area contributed by atoms with E-state index in [1.54, 1.807) is 26.0 Å². The van der Waals surface area contributed by atoms with E-state index in [-0.39, 0.29) is 5.69 Å². The molecular weight excluding hydrogens is 182 g/mol. The first kappa shape index (κ1) is 10.7. The van der Waals surface area contributed by atoms with Gasteiger partial charge in [0, 0.05) is 11.6 Å². The number of benzene rings is 1. The molecule has 1 aromatic rings. The number of nitro benzene ring substituents is 1. The van der Waals surface area contributed by atoms with Crippen molar-refractivity contribution in [2.75, 3.05) is 0 Å². The molecule has 0 amide bonds. The van der Waals surface area contributed by atoms with E-state index in [0.717, 1.165) is 5.56 Å². The molecule has 1 atom stereocenters. The molecule has 1 N–H and O–H groups in total. The third kappa shape index (κ3) is 2.53. The van der Waals surface area contributed by atoms with Crippen molar-refractivity contribution >= 4 is 5.69 Å². The quantitative estimate of drug-likeness (QED) is 0.591. The minimum atomic E-state index is -0.421. The molecule has 4 heteroatoms. The lowest BCUT2D eigenvalue weighted by atomic mass is 10.1. The molecule has 1 rings (SSSR count). The van der Waals surface area contributed by atoms with Gasteiger partial charge in [-0.15, -0.1) is 0 Å². The molecule has 4 nitrogen and oxygen atoms in total. The standard InChI is InChI=1S/C10H13NO3/c1-7-5-9(6-8(2)12)3-4-10(7)11(13)14/h3-5,8,12H,6H2,1-2H3/t8-/m0/s1. The van der Waals surface area contributed by atoms with E-state index < -0.39 is 11.0 Å². The van der Waals surface area contributed by atoms with Gasteiger partial charge in [-0.3, -0.25) is 10.1 Å². The van der Waals surface area contributed by atoms with Crippen molar-refractivity contribution in [1.82, 2.24) is 0 Å². The average molecular weight is 195 g/mol. The van der Waals surface area contributed by atoms with E-state index in [1.807, 2.05) is 0 Å². The predicted octanol–water partition coefficient (Wildman–Crippen LogP) is 1.83. The van der Waals surface area contributed by atoms with Crippen molar-refractivity contribution in [3.05, 3.63) is 39.4 Å². The summed E-state index contributed by atoms with van der Waals surface area (Å²) >= 11 is 0. The van der Waals surface area contributed by atoms with Gasteiger partial charge in [0.25, 0.3) is 5.69 Å². The first-order chi connectivity index (χ1) is 6.50. The van der Waals surface area contributed by atoms with E-state index >= 15 is 0 Å². The zero-order valence-corrected chi connectivity index (χ0v) is 8.23. The number of rotatable bonds is 3. The van der Waals surface area contributed by atoms with Crippen LogP contribution in [-0.4, -0.2) is 16.1 Å². The Hall–Kier alpha value is -1.42. The van der Waals surface area contributed by atoms with Crippen LogP contribution in [0.5, 0.6) is 0 Å². The lowest BCUT2D eigenvalue weighted by molar-refractivity contribution is -0.385. The highest BCUT2D eigenvalue weighted by Gasteiger charge is 2.10. The Morgan fingerprint density at radius 2 is 2.21 bits per heavy atom. The molecule has 0 saturated heterocycles. The first-order valence-electron chi connectivity index (χ1n) is 4.42. The Balaban J connectivity index is 2.94. The van der Waals surface area contributed by atoms with Crippen molar-refractivity contribution < 1.29 is 10.0 Å². The highest BCUT2D eigenvalue weighted by molar-refractivity contribution is 5.41. The molecule has 1 aromatic carbocycles. The Morgan fingerprint density at radius 3 is 2.64 bits per heavy atom. The average Bonchev–Trinajstić information content (AvgIpc) is 2.01. The van der Waals surface area contributed by atoms with Gasteiger partial charge in [0.2, 0.25) is 0 Å².